The summed E-state index contributed by atoms with van der Waals surface area (Å²) in [5.74, 6) is 0.616. The van der Waals surface area contributed by atoms with E-state index in [9.17, 15) is 9.59 Å². The molecule has 2 aromatic rings. The molecule has 0 bridgehead atoms. The van der Waals surface area contributed by atoms with Crippen molar-refractivity contribution in [3.05, 3.63) is 60.2 Å². The van der Waals surface area contributed by atoms with E-state index in [2.05, 4.69) is 0 Å². The molecule has 0 radical (unpaired) electrons. The molecular weight excluding hydrogens is 344 g/mol. The molecule has 2 aromatic carbocycles. The van der Waals surface area contributed by atoms with Gasteiger partial charge in [-0.2, -0.15) is 0 Å². The van der Waals surface area contributed by atoms with Crippen LogP contribution < -0.4 is 4.74 Å². The number of piperidine rings is 1. The Hall–Kier alpha value is -2.86. The summed E-state index contributed by atoms with van der Waals surface area (Å²) in [5.41, 5.74) is 0.632. The van der Waals surface area contributed by atoms with Gasteiger partial charge < -0.3 is 14.7 Å². The van der Waals surface area contributed by atoms with Gasteiger partial charge in [0.15, 0.2) is 0 Å². The monoisotopic (exact) mass is 368 g/mol. The van der Waals surface area contributed by atoms with Gasteiger partial charge in [-0.05, 0) is 56.3 Å². The largest absolute Gasteiger partial charge is 0.480 e. The fourth-order valence-corrected chi connectivity index (χ4v) is 3.32. The SMILES string of the molecule is CN(CC(=O)O)C1CCN(C(=O)c2ccc(Oc3ccccc3)cc2)CC1. The maximum atomic E-state index is 12.7. The zero-order valence-corrected chi connectivity index (χ0v) is 15.4. The number of ether oxygens (including phenoxy) is 1. The number of rotatable bonds is 6. The number of likely N-dealkylation sites (N-methyl/N-ethyl adjacent to an activating group) is 1. The summed E-state index contributed by atoms with van der Waals surface area (Å²) in [7, 11) is 1.82. The average Bonchev–Trinajstić information content (AvgIpc) is 2.68. The number of para-hydroxylation sites is 1. The van der Waals surface area contributed by atoms with Crippen LogP contribution in [0.3, 0.4) is 0 Å². The molecule has 3 rings (SSSR count). The minimum Gasteiger partial charge on any atom is -0.480 e. The van der Waals surface area contributed by atoms with Crippen molar-refractivity contribution in [3.8, 4) is 11.5 Å². The van der Waals surface area contributed by atoms with Gasteiger partial charge in [-0.25, -0.2) is 0 Å². The van der Waals surface area contributed by atoms with Crippen LogP contribution in [-0.2, 0) is 4.79 Å². The number of benzene rings is 2. The molecule has 0 aromatic heterocycles. The molecule has 6 heteroatoms. The number of aliphatic carboxylic acids is 1. The number of hydrogen-bond donors (Lipinski definition) is 1. The molecule has 1 saturated heterocycles. The third-order valence-corrected chi connectivity index (χ3v) is 4.84. The van der Waals surface area contributed by atoms with Crippen LogP contribution in [0.15, 0.2) is 54.6 Å². The molecule has 1 aliphatic heterocycles. The van der Waals surface area contributed by atoms with Crippen LogP contribution in [0, 0.1) is 0 Å². The quantitative estimate of drug-likeness (QED) is 0.848. The molecule has 1 fully saturated rings. The fourth-order valence-electron chi connectivity index (χ4n) is 3.32. The lowest BCUT2D eigenvalue weighted by Gasteiger charge is -2.36. The van der Waals surface area contributed by atoms with Crippen molar-refractivity contribution in [3.63, 3.8) is 0 Å². The highest BCUT2D eigenvalue weighted by atomic mass is 16.5. The van der Waals surface area contributed by atoms with Crippen LogP contribution in [-0.4, -0.2) is 59.5 Å². The van der Waals surface area contributed by atoms with Gasteiger partial charge in [0.05, 0.1) is 6.54 Å². The highest BCUT2D eigenvalue weighted by Gasteiger charge is 2.26. The van der Waals surface area contributed by atoms with E-state index in [1.165, 1.54) is 0 Å². The minimum absolute atomic E-state index is 0.000554. The molecule has 1 heterocycles. The van der Waals surface area contributed by atoms with E-state index in [1.807, 2.05) is 47.2 Å². The fraction of sp³-hybridized carbons (Fsp3) is 0.333. The number of hydrogen-bond acceptors (Lipinski definition) is 4. The molecule has 1 aliphatic rings. The summed E-state index contributed by atoms with van der Waals surface area (Å²) < 4.78 is 5.75. The lowest BCUT2D eigenvalue weighted by molar-refractivity contribution is -0.138. The molecule has 0 aliphatic carbocycles. The van der Waals surface area contributed by atoms with Gasteiger partial charge in [-0.1, -0.05) is 18.2 Å². The first-order valence-corrected chi connectivity index (χ1v) is 9.07. The second kappa shape index (κ2) is 8.68. The summed E-state index contributed by atoms with van der Waals surface area (Å²) >= 11 is 0. The van der Waals surface area contributed by atoms with E-state index in [4.69, 9.17) is 9.84 Å². The predicted molar refractivity (Wildman–Crippen MR) is 102 cm³/mol. The zero-order chi connectivity index (χ0) is 19.2. The van der Waals surface area contributed by atoms with E-state index in [1.54, 1.807) is 24.3 Å². The van der Waals surface area contributed by atoms with Crippen molar-refractivity contribution >= 4 is 11.9 Å². The number of carbonyl (C=O) groups excluding carboxylic acids is 1. The van der Waals surface area contributed by atoms with E-state index in [-0.39, 0.29) is 18.5 Å². The molecule has 0 unspecified atom stereocenters. The van der Waals surface area contributed by atoms with Crippen LogP contribution in [0.2, 0.25) is 0 Å². The predicted octanol–water partition coefficient (Wildman–Crippen LogP) is 3.10. The van der Waals surface area contributed by atoms with Crippen molar-refractivity contribution in [2.45, 2.75) is 18.9 Å². The first-order chi connectivity index (χ1) is 13.0. The third-order valence-electron chi connectivity index (χ3n) is 4.84. The van der Waals surface area contributed by atoms with Gasteiger partial charge in [0.2, 0.25) is 0 Å². The first-order valence-electron chi connectivity index (χ1n) is 9.07. The molecule has 0 spiro atoms. The van der Waals surface area contributed by atoms with Crippen molar-refractivity contribution in [1.29, 1.82) is 0 Å². The van der Waals surface area contributed by atoms with Crippen LogP contribution in [0.1, 0.15) is 23.2 Å². The van der Waals surface area contributed by atoms with Gasteiger partial charge in [0.1, 0.15) is 11.5 Å². The second-order valence-electron chi connectivity index (χ2n) is 6.77. The molecule has 0 atom stereocenters. The summed E-state index contributed by atoms with van der Waals surface area (Å²) in [6, 6.07) is 16.9. The van der Waals surface area contributed by atoms with E-state index < -0.39 is 5.97 Å². The highest BCUT2D eigenvalue weighted by Crippen LogP contribution is 2.23. The van der Waals surface area contributed by atoms with E-state index >= 15 is 0 Å². The normalized spacial score (nSPS) is 15.0. The van der Waals surface area contributed by atoms with Crippen LogP contribution in [0.5, 0.6) is 11.5 Å². The van der Waals surface area contributed by atoms with Crippen molar-refractivity contribution < 1.29 is 19.4 Å². The standard InChI is InChI=1S/C21H24N2O4/c1-22(15-20(24)25)17-11-13-23(14-12-17)21(26)16-7-9-19(10-8-16)27-18-5-3-2-4-6-18/h2-10,17H,11-15H2,1H3,(H,24,25). The molecule has 142 valence electrons. The van der Waals surface area contributed by atoms with Gasteiger partial charge in [-0.15, -0.1) is 0 Å². The lowest BCUT2D eigenvalue weighted by atomic mass is 10.0. The Kier molecular flexibility index (Phi) is 6.08. The topological polar surface area (TPSA) is 70.1 Å². The van der Waals surface area contributed by atoms with Crippen molar-refractivity contribution in [2.24, 2.45) is 0 Å². The highest BCUT2D eigenvalue weighted by molar-refractivity contribution is 5.94. The number of carboxylic acid groups (broad SMARTS) is 1. The smallest absolute Gasteiger partial charge is 0.317 e. The Morgan fingerprint density at radius 1 is 1.04 bits per heavy atom. The summed E-state index contributed by atoms with van der Waals surface area (Å²) in [6.45, 7) is 1.30. The number of carbonyl (C=O) groups is 2. The lowest BCUT2D eigenvalue weighted by Crippen LogP contribution is -2.46. The Balaban J connectivity index is 1.55. The van der Waals surface area contributed by atoms with Crippen LogP contribution in [0.25, 0.3) is 0 Å². The molecule has 6 nitrogen and oxygen atoms in total. The molecule has 1 N–H and O–H groups in total. The molecule has 0 saturated carbocycles. The van der Waals surface area contributed by atoms with Gasteiger partial charge in [-0.3, -0.25) is 14.5 Å². The zero-order valence-electron chi connectivity index (χ0n) is 15.4. The summed E-state index contributed by atoms with van der Waals surface area (Å²) in [4.78, 5) is 27.2. The maximum absolute atomic E-state index is 12.7. The second-order valence-corrected chi connectivity index (χ2v) is 6.77. The van der Waals surface area contributed by atoms with E-state index in [0.717, 1.165) is 18.6 Å². The molecule has 27 heavy (non-hydrogen) atoms. The maximum Gasteiger partial charge on any atom is 0.317 e. The summed E-state index contributed by atoms with van der Waals surface area (Å²) in [5, 5.41) is 8.90. The van der Waals surface area contributed by atoms with Gasteiger partial charge in [0.25, 0.3) is 5.91 Å². The molecular formula is C21H24N2O4. The number of amides is 1. The third kappa shape index (κ3) is 5.08. The Labute approximate surface area is 159 Å². The van der Waals surface area contributed by atoms with Gasteiger partial charge in [0, 0.05) is 24.7 Å². The average molecular weight is 368 g/mol. The number of carboxylic acids is 1. The van der Waals surface area contributed by atoms with Crippen molar-refractivity contribution in [2.75, 3.05) is 26.7 Å². The van der Waals surface area contributed by atoms with Crippen molar-refractivity contribution in [1.82, 2.24) is 9.80 Å². The first kappa shape index (κ1) is 18.9. The Bertz CT molecular complexity index is 769. The van der Waals surface area contributed by atoms with Crippen LogP contribution >= 0.6 is 0 Å². The van der Waals surface area contributed by atoms with E-state index in [0.29, 0.717) is 24.4 Å². The minimum atomic E-state index is -0.825. The summed E-state index contributed by atoms with van der Waals surface area (Å²) in [6.07, 6.45) is 1.56. The number of nitrogens with zero attached hydrogens (tertiary/aromatic N) is 2. The van der Waals surface area contributed by atoms with Crippen LogP contribution in [0.4, 0.5) is 0 Å². The Morgan fingerprint density at radius 3 is 2.22 bits per heavy atom. The Morgan fingerprint density at radius 2 is 1.63 bits per heavy atom. The van der Waals surface area contributed by atoms with Gasteiger partial charge >= 0.3 is 5.97 Å². The number of likely N-dealkylation sites (tertiary alicyclic amines) is 1. The molecule has 1 amide bonds.